The summed E-state index contributed by atoms with van der Waals surface area (Å²) >= 11 is 0. The van der Waals surface area contributed by atoms with Crippen molar-refractivity contribution in [2.24, 2.45) is 0 Å². The molecule has 0 fully saturated rings. The van der Waals surface area contributed by atoms with Gasteiger partial charge in [-0.1, -0.05) is 0 Å². The van der Waals surface area contributed by atoms with Crippen molar-refractivity contribution in [3.8, 4) is 0 Å². The minimum Gasteiger partial charge on any atom is -0.220 e. The summed E-state index contributed by atoms with van der Waals surface area (Å²) < 4.78 is 0. The van der Waals surface area contributed by atoms with Crippen LogP contribution in [0, 0.1) is 0 Å². The largest absolute Gasteiger partial charge is 0.220 e. The molecule has 0 aliphatic carbocycles. The zero-order valence-corrected chi connectivity index (χ0v) is 4.72. The van der Waals surface area contributed by atoms with Gasteiger partial charge in [-0.25, -0.2) is 10.8 Å². The highest BCUT2D eigenvalue weighted by atomic mass is 33.1. The van der Waals surface area contributed by atoms with E-state index < -0.39 is 0 Å². The summed E-state index contributed by atoms with van der Waals surface area (Å²) in [6, 6.07) is 0. The molecule has 0 amide bonds. The van der Waals surface area contributed by atoms with Gasteiger partial charge < -0.3 is 0 Å². The van der Waals surface area contributed by atoms with Gasteiger partial charge in [0, 0.05) is 0 Å². The van der Waals surface area contributed by atoms with E-state index in [9.17, 15) is 0 Å². The molecule has 0 aliphatic heterocycles. The van der Waals surface area contributed by atoms with Crippen LogP contribution in [-0.2, 0) is 0 Å². The molecule has 0 bridgehead atoms. The SMILES string of the molecule is CS[SH2]C. The van der Waals surface area contributed by atoms with E-state index in [1.165, 1.54) is 0 Å². The fourth-order valence-electron chi connectivity index (χ4n) is 0. The second-order valence-electron chi connectivity index (χ2n) is 0.408. The van der Waals surface area contributed by atoms with Crippen molar-refractivity contribution in [1.29, 1.82) is 0 Å². The van der Waals surface area contributed by atoms with Crippen molar-refractivity contribution in [3.05, 3.63) is 0 Å². The van der Waals surface area contributed by atoms with Gasteiger partial charge in [0.05, 0.1) is 0 Å². The van der Waals surface area contributed by atoms with Gasteiger partial charge in [-0.05, 0) is 12.5 Å². The average Bonchev–Trinajstić information content (AvgIpc) is 1.37. The number of rotatable bonds is 1. The molecule has 0 rings (SSSR count). The van der Waals surface area contributed by atoms with Gasteiger partial charge in [0.2, 0.25) is 0 Å². The van der Waals surface area contributed by atoms with Crippen LogP contribution in [0.4, 0.5) is 0 Å². The van der Waals surface area contributed by atoms with Crippen molar-refractivity contribution in [2.45, 2.75) is 0 Å². The third kappa shape index (κ3) is 2.70. The standard InChI is InChI=1S/C2H8S2/c1-3-4-2/h3H2,1-2H3. The van der Waals surface area contributed by atoms with Gasteiger partial charge in [0.25, 0.3) is 0 Å². The Morgan fingerprint density at radius 1 is 1.75 bits per heavy atom. The van der Waals surface area contributed by atoms with E-state index in [2.05, 4.69) is 12.5 Å². The predicted molar refractivity (Wildman–Crippen MR) is 29.8 cm³/mol. The van der Waals surface area contributed by atoms with Crippen molar-refractivity contribution < 1.29 is 0 Å². The molecule has 0 nitrogen and oxygen atoms in total. The Kier molecular flexibility index (Phi) is 4.35. The lowest BCUT2D eigenvalue weighted by molar-refractivity contribution is 2.51. The van der Waals surface area contributed by atoms with Crippen molar-refractivity contribution in [1.82, 2.24) is 0 Å². The third-order valence-electron chi connectivity index (χ3n) is 0.204. The minimum absolute atomic E-state index is 1.06. The first-order valence-corrected chi connectivity index (χ1v) is 4.56. The molecule has 0 aliphatic rings. The van der Waals surface area contributed by atoms with Crippen molar-refractivity contribution in [2.75, 3.05) is 12.5 Å². The Hall–Kier alpha value is 0.700. The smallest absolute Gasteiger partial charge is 0.00986 e. The van der Waals surface area contributed by atoms with E-state index in [0.29, 0.717) is 0 Å². The van der Waals surface area contributed by atoms with Crippen LogP contribution in [-0.4, -0.2) is 12.5 Å². The molecule has 0 radical (unpaired) electrons. The zero-order valence-electron chi connectivity index (χ0n) is 2.91. The maximum Gasteiger partial charge on any atom is -0.00986 e. The molecule has 0 aromatic carbocycles. The van der Waals surface area contributed by atoms with Gasteiger partial charge in [0.1, 0.15) is 0 Å². The highest BCUT2D eigenvalue weighted by Crippen LogP contribution is 2.09. The summed E-state index contributed by atoms with van der Waals surface area (Å²) in [6.07, 6.45) is 4.28. The van der Waals surface area contributed by atoms with Crippen LogP contribution in [0.25, 0.3) is 0 Å². The molecule has 0 spiro atoms. The van der Waals surface area contributed by atoms with E-state index in [1.54, 1.807) is 0 Å². The molecular formula is C2H8S2. The van der Waals surface area contributed by atoms with Gasteiger partial charge >= 0.3 is 0 Å². The van der Waals surface area contributed by atoms with Crippen LogP contribution in [0.5, 0.6) is 0 Å². The molecule has 4 heavy (non-hydrogen) atoms. The molecule has 0 aromatic rings. The fraction of sp³-hybridized carbons (Fsp3) is 1.00. The van der Waals surface area contributed by atoms with E-state index in [1.807, 2.05) is 10.8 Å². The second-order valence-corrected chi connectivity index (χ2v) is 3.67. The van der Waals surface area contributed by atoms with Gasteiger partial charge in [-0.2, -0.15) is 0 Å². The number of hydrogen-bond acceptors (Lipinski definition) is 1. The van der Waals surface area contributed by atoms with Crippen LogP contribution >= 0.6 is 21.6 Å². The minimum atomic E-state index is 1.06. The van der Waals surface area contributed by atoms with Crippen molar-refractivity contribution >= 4 is 21.6 Å². The summed E-state index contributed by atoms with van der Waals surface area (Å²) in [5, 5.41) is 0. The Bertz CT molecular complexity index is 6.00. The Balaban J connectivity index is 1.97. The van der Waals surface area contributed by atoms with E-state index in [0.717, 1.165) is 10.8 Å². The molecule has 0 saturated carbocycles. The quantitative estimate of drug-likeness (QED) is 0.440. The molecule has 0 heterocycles. The lowest BCUT2D eigenvalue weighted by Gasteiger charge is -1.75. The van der Waals surface area contributed by atoms with E-state index >= 15 is 0 Å². The molecule has 0 unspecified atom stereocenters. The summed E-state index contributed by atoms with van der Waals surface area (Å²) in [5.41, 5.74) is 0. The van der Waals surface area contributed by atoms with Crippen LogP contribution in [0.1, 0.15) is 0 Å². The summed E-state index contributed by atoms with van der Waals surface area (Å²) in [7, 11) is 2.94. The Labute approximate surface area is 34.8 Å². The van der Waals surface area contributed by atoms with Crippen LogP contribution < -0.4 is 0 Å². The normalized spacial score (nSPS) is 12.5. The van der Waals surface area contributed by atoms with Crippen LogP contribution in [0.2, 0.25) is 0 Å². The molecular weight excluding hydrogens is 88.2 g/mol. The summed E-state index contributed by atoms with van der Waals surface area (Å²) in [4.78, 5) is 0. The van der Waals surface area contributed by atoms with Gasteiger partial charge in [-0.15, -0.1) is 10.8 Å². The number of hydrogen-bond donors (Lipinski definition) is 0. The molecule has 0 aromatic heterocycles. The van der Waals surface area contributed by atoms with Crippen LogP contribution in [0.15, 0.2) is 0 Å². The summed E-state index contributed by atoms with van der Waals surface area (Å²) in [5.74, 6) is 0. The first-order valence-electron chi connectivity index (χ1n) is 1.11. The lowest BCUT2D eigenvalue weighted by Crippen LogP contribution is -1.28. The predicted octanol–water partition coefficient (Wildman–Crippen LogP) is 1.09. The third-order valence-corrected chi connectivity index (χ3v) is 1.84. The van der Waals surface area contributed by atoms with E-state index in [-0.39, 0.29) is 0 Å². The van der Waals surface area contributed by atoms with Gasteiger partial charge in [-0.3, -0.25) is 0 Å². The first-order chi connectivity index (χ1) is 1.91. The lowest BCUT2D eigenvalue weighted by atomic mass is 12.0. The van der Waals surface area contributed by atoms with Crippen LogP contribution in [0.3, 0.4) is 0 Å². The zero-order chi connectivity index (χ0) is 3.41. The molecule has 0 N–H and O–H groups in total. The fourth-order valence-corrected chi connectivity index (χ4v) is 0. The average molecular weight is 96.2 g/mol. The van der Waals surface area contributed by atoms with E-state index in [4.69, 9.17) is 0 Å². The molecule has 28 valence electrons. The molecule has 2 heteroatoms. The monoisotopic (exact) mass is 96.0 g/mol. The Morgan fingerprint density at radius 2 is 2.00 bits per heavy atom. The molecule has 0 saturated heterocycles. The maximum atomic E-state index is 2.17. The maximum absolute atomic E-state index is 2.17. The van der Waals surface area contributed by atoms with Gasteiger partial charge in [0.15, 0.2) is 0 Å². The highest BCUT2D eigenvalue weighted by molar-refractivity contribution is 8.76. The summed E-state index contributed by atoms with van der Waals surface area (Å²) in [6.45, 7) is 0. The second kappa shape index (κ2) is 3.70. The molecule has 0 atom stereocenters. The first kappa shape index (κ1) is 4.70. The Morgan fingerprint density at radius 3 is 2.00 bits per heavy atom. The highest BCUT2D eigenvalue weighted by Gasteiger charge is 1.49. The van der Waals surface area contributed by atoms with Crippen molar-refractivity contribution in [3.63, 3.8) is 0 Å². The topological polar surface area (TPSA) is 0 Å².